The maximum Gasteiger partial charge on any atom is 0.226 e. The molecule has 0 radical (unpaired) electrons. The van der Waals surface area contributed by atoms with Gasteiger partial charge in [-0.05, 0) is 12.0 Å². The molecule has 3 aromatic rings. The van der Waals surface area contributed by atoms with Crippen molar-refractivity contribution in [3.8, 4) is 11.4 Å². The fourth-order valence-electron chi connectivity index (χ4n) is 2.06. The first-order valence-corrected chi connectivity index (χ1v) is 7.81. The van der Waals surface area contributed by atoms with Gasteiger partial charge >= 0.3 is 0 Å². The van der Waals surface area contributed by atoms with Crippen LogP contribution in [0.25, 0.3) is 11.4 Å². The Morgan fingerprint density at radius 3 is 2.41 bits per heavy atom. The van der Waals surface area contributed by atoms with E-state index in [2.05, 4.69) is 14.7 Å². The summed E-state index contributed by atoms with van der Waals surface area (Å²) in [6, 6.07) is 19.7. The van der Waals surface area contributed by atoms with Gasteiger partial charge in [-0.15, -0.1) is 0 Å². The van der Waals surface area contributed by atoms with Crippen molar-refractivity contribution in [2.45, 2.75) is 12.8 Å². The van der Waals surface area contributed by atoms with Gasteiger partial charge in [-0.2, -0.15) is 9.36 Å². The summed E-state index contributed by atoms with van der Waals surface area (Å²) < 4.78 is 4.27. The summed E-state index contributed by atoms with van der Waals surface area (Å²) in [6.07, 6.45) is 1.15. The molecule has 4 nitrogen and oxygen atoms in total. The van der Waals surface area contributed by atoms with Gasteiger partial charge in [-0.1, -0.05) is 60.7 Å². The van der Waals surface area contributed by atoms with Gasteiger partial charge in [0, 0.05) is 23.5 Å². The van der Waals surface area contributed by atoms with Crippen molar-refractivity contribution in [1.29, 1.82) is 0 Å². The van der Waals surface area contributed by atoms with Crippen LogP contribution in [0.1, 0.15) is 12.0 Å². The van der Waals surface area contributed by atoms with E-state index in [9.17, 15) is 4.79 Å². The summed E-state index contributed by atoms with van der Waals surface area (Å²) in [5.74, 6) is 0.601. The van der Waals surface area contributed by atoms with Gasteiger partial charge in [0.1, 0.15) is 0 Å². The Balaban J connectivity index is 1.57. The van der Waals surface area contributed by atoms with E-state index < -0.39 is 0 Å². The number of anilines is 1. The highest BCUT2D eigenvalue weighted by Crippen LogP contribution is 2.20. The van der Waals surface area contributed by atoms with Crippen LogP contribution in [0, 0.1) is 0 Å². The minimum absolute atomic E-state index is 0.0420. The Hall–Kier alpha value is -2.53. The number of nitrogens with one attached hydrogen (secondary N) is 1. The second-order valence-electron chi connectivity index (χ2n) is 4.82. The molecule has 0 atom stereocenters. The molecule has 2 aromatic carbocycles. The number of amides is 1. The molecule has 1 N–H and O–H groups in total. The molecule has 0 aliphatic rings. The lowest BCUT2D eigenvalue weighted by Crippen LogP contribution is -2.12. The Kier molecular flexibility index (Phi) is 4.56. The first kappa shape index (κ1) is 14.4. The van der Waals surface area contributed by atoms with Crippen molar-refractivity contribution >= 4 is 22.6 Å². The van der Waals surface area contributed by atoms with E-state index in [1.165, 1.54) is 11.5 Å². The van der Waals surface area contributed by atoms with Crippen LogP contribution in [0.2, 0.25) is 0 Å². The van der Waals surface area contributed by atoms with Crippen molar-refractivity contribution in [2.24, 2.45) is 0 Å². The molecule has 0 aliphatic heterocycles. The minimum Gasteiger partial charge on any atom is -0.301 e. The molecule has 1 aromatic heterocycles. The summed E-state index contributed by atoms with van der Waals surface area (Å²) >= 11 is 1.20. The van der Waals surface area contributed by atoms with Crippen molar-refractivity contribution in [3.63, 3.8) is 0 Å². The number of carbonyl (C=O) groups excluding carboxylic acids is 1. The van der Waals surface area contributed by atoms with Gasteiger partial charge in [-0.25, -0.2) is 0 Å². The zero-order chi connectivity index (χ0) is 15.2. The number of nitrogens with zero attached hydrogens (tertiary/aromatic N) is 2. The summed E-state index contributed by atoms with van der Waals surface area (Å²) in [5.41, 5.74) is 2.10. The maximum atomic E-state index is 12.0. The number of hydrogen-bond donors (Lipinski definition) is 1. The molecule has 0 saturated carbocycles. The quantitative estimate of drug-likeness (QED) is 0.780. The largest absolute Gasteiger partial charge is 0.301 e. The van der Waals surface area contributed by atoms with Gasteiger partial charge in [0.25, 0.3) is 0 Å². The molecular weight excluding hydrogens is 294 g/mol. The summed E-state index contributed by atoms with van der Waals surface area (Å²) in [7, 11) is 0. The molecule has 0 spiro atoms. The van der Waals surface area contributed by atoms with E-state index in [0.717, 1.165) is 17.5 Å². The summed E-state index contributed by atoms with van der Waals surface area (Å²) in [4.78, 5) is 16.3. The zero-order valence-electron chi connectivity index (χ0n) is 11.9. The zero-order valence-corrected chi connectivity index (χ0v) is 12.7. The van der Waals surface area contributed by atoms with Crippen molar-refractivity contribution in [1.82, 2.24) is 9.36 Å². The van der Waals surface area contributed by atoms with Crippen LogP contribution in [0.3, 0.4) is 0 Å². The Morgan fingerprint density at radius 2 is 1.68 bits per heavy atom. The average molecular weight is 309 g/mol. The number of aromatic nitrogens is 2. The fourth-order valence-corrected chi connectivity index (χ4v) is 2.67. The third-order valence-corrected chi connectivity index (χ3v) is 3.82. The van der Waals surface area contributed by atoms with Crippen LogP contribution in [0.5, 0.6) is 0 Å². The Bertz CT molecular complexity index is 741. The van der Waals surface area contributed by atoms with Crippen LogP contribution < -0.4 is 5.32 Å². The molecule has 22 heavy (non-hydrogen) atoms. The first-order valence-electron chi connectivity index (χ1n) is 7.04. The SMILES string of the molecule is O=C(CCc1ccccc1)Nc1nc(-c2ccccc2)ns1. The molecule has 110 valence electrons. The lowest BCUT2D eigenvalue weighted by molar-refractivity contribution is -0.116. The van der Waals surface area contributed by atoms with Gasteiger partial charge in [0.2, 0.25) is 11.0 Å². The maximum absolute atomic E-state index is 12.0. The van der Waals surface area contributed by atoms with Crippen LogP contribution in [0.4, 0.5) is 5.13 Å². The average Bonchev–Trinajstić information content (AvgIpc) is 3.03. The van der Waals surface area contributed by atoms with E-state index in [-0.39, 0.29) is 5.91 Å². The third-order valence-electron chi connectivity index (χ3n) is 3.19. The molecule has 1 heterocycles. The smallest absolute Gasteiger partial charge is 0.226 e. The van der Waals surface area contributed by atoms with E-state index in [4.69, 9.17) is 0 Å². The van der Waals surface area contributed by atoms with Crippen molar-refractivity contribution in [3.05, 3.63) is 66.2 Å². The standard InChI is InChI=1S/C17H15N3OS/c21-15(12-11-13-7-3-1-4-8-13)18-17-19-16(20-22-17)14-9-5-2-6-10-14/h1-10H,11-12H2,(H,18,19,20,21). The summed E-state index contributed by atoms with van der Waals surface area (Å²) in [5, 5.41) is 3.35. The van der Waals surface area contributed by atoms with Crippen LogP contribution >= 0.6 is 11.5 Å². The Labute approximate surface area is 133 Å². The van der Waals surface area contributed by atoms with E-state index in [0.29, 0.717) is 17.4 Å². The number of benzene rings is 2. The minimum atomic E-state index is -0.0420. The highest BCUT2D eigenvalue weighted by Gasteiger charge is 2.09. The van der Waals surface area contributed by atoms with Crippen LogP contribution in [0.15, 0.2) is 60.7 Å². The van der Waals surface area contributed by atoms with Gasteiger partial charge < -0.3 is 5.32 Å². The second-order valence-corrected chi connectivity index (χ2v) is 5.57. The Morgan fingerprint density at radius 1 is 1.00 bits per heavy atom. The molecule has 0 saturated heterocycles. The lowest BCUT2D eigenvalue weighted by atomic mass is 10.1. The number of hydrogen-bond acceptors (Lipinski definition) is 4. The number of aryl methyl sites for hydroxylation is 1. The molecule has 0 fully saturated rings. The monoisotopic (exact) mass is 309 g/mol. The molecule has 3 rings (SSSR count). The van der Waals surface area contributed by atoms with Crippen LogP contribution in [-0.4, -0.2) is 15.3 Å². The van der Waals surface area contributed by atoms with E-state index >= 15 is 0 Å². The summed E-state index contributed by atoms with van der Waals surface area (Å²) in [6.45, 7) is 0. The topological polar surface area (TPSA) is 54.9 Å². The normalized spacial score (nSPS) is 10.4. The molecule has 5 heteroatoms. The second kappa shape index (κ2) is 6.95. The van der Waals surface area contributed by atoms with Gasteiger partial charge in [0.15, 0.2) is 5.82 Å². The predicted molar refractivity (Wildman–Crippen MR) is 88.7 cm³/mol. The predicted octanol–water partition coefficient (Wildman–Crippen LogP) is 3.78. The molecule has 0 aliphatic carbocycles. The highest BCUT2D eigenvalue weighted by molar-refractivity contribution is 7.10. The van der Waals surface area contributed by atoms with Gasteiger partial charge in [0.05, 0.1) is 0 Å². The first-order chi connectivity index (χ1) is 10.8. The molecule has 0 unspecified atom stereocenters. The molecule has 1 amide bonds. The third kappa shape index (κ3) is 3.77. The van der Waals surface area contributed by atoms with Crippen molar-refractivity contribution in [2.75, 3.05) is 5.32 Å². The highest BCUT2D eigenvalue weighted by atomic mass is 32.1. The molecular formula is C17H15N3OS. The van der Waals surface area contributed by atoms with E-state index in [1.807, 2.05) is 60.7 Å². The number of rotatable bonds is 5. The number of carbonyl (C=O) groups is 1. The fraction of sp³-hybridized carbons (Fsp3) is 0.118. The van der Waals surface area contributed by atoms with E-state index in [1.54, 1.807) is 0 Å². The molecule has 0 bridgehead atoms. The van der Waals surface area contributed by atoms with Crippen LogP contribution in [-0.2, 0) is 11.2 Å². The lowest BCUT2D eigenvalue weighted by Gasteiger charge is -2.01. The van der Waals surface area contributed by atoms with Crippen molar-refractivity contribution < 1.29 is 4.79 Å². The van der Waals surface area contributed by atoms with Gasteiger partial charge in [-0.3, -0.25) is 4.79 Å².